The second-order valence-corrected chi connectivity index (χ2v) is 5.51. The van der Waals surface area contributed by atoms with Gasteiger partial charge in [-0.1, -0.05) is 6.07 Å². The van der Waals surface area contributed by atoms with Crippen LogP contribution in [0.4, 0.5) is 10.2 Å². The SMILES string of the molecule is Cn1cc(C#N)c(NC(=O)c2cc3ccc(F)cc3s2)n1. The third kappa shape index (κ3) is 2.49. The van der Waals surface area contributed by atoms with Crippen LogP contribution in [0.25, 0.3) is 10.1 Å². The van der Waals surface area contributed by atoms with Crippen LogP contribution >= 0.6 is 11.3 Å². The third-order valence-corrected chi connectivity index (χ3v) is 3.98. The van der Waals surface area contributed by atoms with Crippen LogP contribution in [0.2, 0.25) is 0 Å². The molecule has 1 amide bonds. The average Bonchev–Trinajstić information content (AvgIpc) is 3.01. The number of thiophene rings is 1. The molecule has 0 unspecified atom stereocenters. The number of aryl methyl sites for hydroxylation is 1. The summed E-state index contributed by atoms with van der Waals surface area (Å²) in [4.78, 5) is 12.6. The number of carbonyl (C=O) groups excluding carboxylic acids is 1. The topological polar surface area (TPSA) is 70.7 Å². The van der Waals surface area contributed by atoms with Crippen molar-refractivity contribution in [2.75, 3.05) is 5.32 Å². The molecule has 0 aliphatic heterocycles. The summed E-state index contributed by atoms with van der Waals surface area (Å²) in [6.07, 6.45) is 1.52. The molecule has 104 valence electrons. The molecular formula is C14H9FN4OS. The van der Waals surface area contributed by atoms with Gasteiger partial charge in [0.05, 0.1) is 4.88 Å². The van der Waals surface area contributed by atoms with Crippen LogP contribution in [0.3, 0.4) is 0 Å². The molecule has 0 aliphatic carbocycles. The van der Waals surface area contributed by atoms with Gasteiger partial charge in [0.1, 0.15) is 17.4 Å². The molecule has 0 aliphatic rings. The zero-order chi connectivity index (χ0) is 15.0. The highest BCUT2D eigenvalue weighted by atomic mass is 32.1. The van der Waals surface area contributed by atoms with Crippen molar-refractivity contribution in [1.29, 1.82) is 5.26 Å². The number of hydrogen-bond acceptors (Lipinski definition) is 4. The fraction of sp³-hybridized carbons (Fsp3) is 0.0714. The Morgan fingerprint density at radius 1 is 1.48 bits per heavy atom. The van der Waals surface area contributed by atoms with E-state index >= 15 is 0 Å². The maximum absolute atomic E-state index is 13.2. The Labute approximate surface area is 123 Å². The summed E-state index contributed by atoms with van der Waals surface area (Å²) >= 11 is 1.19. The fourth-order valence-corrected chi connectivity index (χ4v) is 2.93. The van der Waals surface area contributed by atoms with E-state index in [0.717, 1.165) is 5.39 Å². The molecular weight excluding hydrogens is 291 g/mol. The molecule has 0 radical (unpaired) electrons. The Hall–Kier alpha value is -2.72. The molecule has 21 heavy (non-hydrogen) atoms. The molecule has 7 heteroatoms. The molecule has 1 N–H and O–H groups in total. The molecule has 0 atom stereocenters. The van der Waals surface area contributed by atoms with Crippen molar-refractivity contribution < 1.29 is 9.18 Å². The van der Waals surface area contributed by atoms with E-state index in [4.69, 9.17) is 5.26 Å². The van der Waals surface area contributed by atoms with E-state index in [0.29, 0.717) is 9.58 Å². The molecule has 3 aromatic rings. The molecule has 3 rings (SSSR count). The van der Waals surface area contributed by atoms with E-state index in [1.165, 1.54) is 34.3 Å². The number of fused-ring (bicyclic) bond motifs is 1. The maximum Gasteiger partial charge on any atom is 0.267 e. The van der Waals surface area contributed by atoms with E-state index in [-0.39, 0.29) is 23.1 Å². The maximum atomic E-state index is 13.2. The number of aromatic nitrogens is 2. The van der Waals surface area contributed by atoms with Gasteiger partial charge in [0.2, 0.25) is 0 Å². The van der Waals surface area contributed by atoms with Crippen LogP contribution in [0.1, 0.15) is 15.2 Å². The van der Waals surface area contributed by atoms with Crippen LogP contribution in [0.15, 0.2) is 30.5 Å². The van der Waals surface area contributed by atoms with E-state index in [2.05, 4.69) is 10.4 Å². The van der Waals surface area contributed by atoms with Crippen molar-refractivity contribution in [2.45, 2.75) is 0 Å². The van der Waals surface area contributed by atoms with E-state index < -0.39 is 0 Å². The monoisotopic (exact) mass is 300 g/mol. The van der Waals surface area contributed by atoms with Crippen molar-refractivity contribution in [3.63, 3.8) is 0 Å². The van der Waals surface area contributed by atoms with Crippen molar-refractivity contribution in [2.24, 2.45) is 7.05 Å². The van der Waals surface area contributed by atoms with Crippen LogP contribution in [-0.2, 0) is 7.05 Å². The van der Waals surface area contributed by atoms with Gasteiger partial charge < -0.3 is 5.32 Å². The highest BCUT2D eigenvalue weighted by Gasteiger charge is 2.15. The van der Waals surface area contributed by atoms with Crippen molar-refractivity contribution >= 4 is 33.1 Å². The highest BCUT2D eigenvalue weighted by Crippen LogP contribution is 2.27. The fourth-order valence-electron chi connectivity index (χ4n) is 1.95. The van der Waals surface area contributed by atoms with Crippen molar-refractivity contribution in [3.8, 4) is 6.07 Å². The molecule has 0 spiro atoms. The lowest BCUT2D eigenvalue weighted by Gasteiger charge is -1.98. The number of halogens is 1. The highest BCUT2D eigenvalue weighted by molar-refractivity contribution is 7.20. The lowest BCUT2D eigenvalue weighted by Crippen LogP contribution is -2.11. The normalized spacial score (nSPS) is 10.5. The van der Waals surface area contributed by atoms with E-state index in [1.807, 2.05) is 6.07 Å². The third-order valence-electron chi connectivity index (χ3n) is 2.89. The molecule has 0 saturated heterocycles. The molecule has 0 saturated carbocycles. The Bertz CT molecular complexity index is 890. The first-order valence-electron chi connectivity index (χ1n) is 6.01. The summed E-state index contributed by atoms with van der Waals surface area (Å²) in [5.74, 6) is -0.492. The molecule has 0 fully saturated rings. The lowest BCUT2D eigenvalue weighted by molar-refractivity contribution is 0.103. The lowest BCUT2D eigenvalue weighted by atomic mass is 10.2. The van der Waals surface area contributed by atoms with Gasteiger partial charge in [0.15, 0.2) is 5.82 Å². The summed E-state index contributed by atoms with van der Waals surface area (Å²) < 4.78 is 15.3. The number of nitrogens with zero attached hydrogens (tertiary/aromatic N) is 3. The Morgan fingerprint density at radius 2 is 2.29 bits per heavy atom. The van der Waals surface area contributed by atoms with Gasteiger partial charge in [-0.2, -0.15) is 10.4 Å². The number of anilines is 1. The van der Waals surface area contributed by atoms with Gasteiger partial charge in [0, 0.05) is 17.9 Å². The minimum atomic E-state index is -0.369. The number of benzene rings is 1. The second-order valence-electron chi connectivity index (χ2n) is 4.42. The van der Waals surface area contributed by atoms with Crippen molar-refractivity contribution in [3.05, 3.63) is 46.7 Å². The zero-order valence-electron chi connectivity index (χ0n) is 10.9. The van der Waals surface area contributed by atoms with Gasteiger partial charge in [-0.05, 0) is 23.6 Å². The average molecular weight is 300 g/mol. The molecule has 1 aromatic carbocycles. The predicted molar refractivity (Wildman–Crippen MR) is 77.7 cm³/mol. The number of amides is 1. The van der Waals surface area contributed by atoms with E-state index in [1.54, 1.807) is 19.2 Å². The molecule has 2 heterocycles. The van der Waals surface area contributed by atoms with Gasteiger partial charge in [-0.3, -0.25) is 9.48 Å². The largest absolute Gasteiger partial charge is 0.303 e. The second kappa shape index (κ2) is 5.00. The van der Waals surface area contributed by atoms with Gasteiger partial charge >= 0.3 is 0 Å². The first-order valence-corrected chi connectivity index (χ1v) is 6.82. The molecule has 0 bridgehead atoms. The number of hydrogen-bond donors (Lipinski definition) is 1. The predicted octanol–water partition coefficient (Wildman–Crippen LogP) is 2.90. The number of nitrogens with one attached hydrogen (secondary N) is 1. The van der Waals surface area contributed by atoms with Gasteiger partial charge in [-0.25, -0.2) is 4.39 Å². The number of nitriles is 1. The summed E-state index contributed by atoms with van der Waals surface area (Å²) in [5.41, 5.74) is 0.290. The smallest absolute Gasteiger partial charge is 0.267 e. The molecule has 5 nitrogen and oxygen atoms in total. The van der Waals surface area contributed by atoms with Gasteiger partial charge in [0.25, 0.3) is 5.91 Å². The molecule has 2 aromatic heterocycles. The standard InChI is InChI=1S/C14H9FN4OS/c1-19-7-9(6-16)13(18-19)17-14(20)12-4-8-2-3-10(15)5-11(8)21-12/h2-5,7H,1H3,(H,17,18,20). The first kappa shape index (κ1) is 13.3. The van der Waals surface area contributed by atoms with Crippen LogP contribution in [0, 0.1) is 17.1 Å². The number of carbonyl (C=O) groups is 1. The summed E-state index contributed by atoms with van der Waals surface area (Å²) in [6, 6.07) is 8.01. The van der Waals surface area contributed by atoms with E-state index in [9.17, 15) is 9.18 Å². The Morgan fingerprint density at radius 3 is 3.05 bits per heavy atom. The minimum absolute atomic E-state index is 0.216. The first-order chi connectivity index (χ1) is 10.1. The minimum Gasteiger partial charge on any atom is -0.303 e. The summed E-state index contributed by atoms with van der Waals surface area (Å²) in [6.45, 7) is 0. The van der Waals surface area contributed by atoms with Crippen LogP contribution in [-0.4, -0.2) is 15.7 Å². The van der Waals surface area contributed by atoms with Gasteiger partial charge in [-0.15, -0.1) is 11.3 Å². The number of rotatable bonds is 2. The zero-order valence-corrected chi connectivity index (χ0v) is 11.7. The Balaban J connectivity index is 1.92. The summed E-state index contributed by atoms with van der Waals surface area (Å²) in [7, 11) is 1.67. The van der Waals surface area contributed by atoms with Crippen molar-refractivity contribution in [1.82, 2.24) is 9.78 Å². The van der Waals surface area contributed by atoms with Crippen LogP contribution in [0.5, 0.6) is 0 Å². The summed E-state index contributed by atoms with van der Waals surface area (Å²) in [5, 5.41) is 16.4. The quantitative estimate of drug-likeness (QED) is 0.791. The Kier molecular flexibility index (Phi) is 3.16. The van der Waals surface area contributed by atoms with Crippen LogP contribution < -0.4 is 5.32 Å².